The van der Waals surface area contributed by atoms with E-state index in [9.17, 15) is 9.13 Å². The van der Waals surface area contributed by atoms with E-state index >= 15 is 0 Å². The van der Waals surface area contributed by atoms with Gasteiger partial charge in [0.1, 0.15) is 0 Å². The number of hydrogen-bond donors (Lipinski definition) is 0. The van der Waals surface area contributed by atoms with Crippen LogP contribution in [0.3, 0.4) is 0 Å². The standard InChI is InChI=1S/C18H24O4P2/c1-5-13-23(19,14-6-2)21-17-11-9-10-12-18(17)22-24(20,15-7-3)16-8-4/h5-12H,1-4,13-16H2. The highest BCUT2D eigenvalue weighted by Crippen LogP contribution is 2.53. The molecule has 1 rings (SSSR count). The maximum atomic E-state index is 12.8. The molecule has 0 amide bonds. The molecule has 0 N–H and O–H groups in total. The van der Waals surface area contributed by atoms with Gasteiger partial charge in [-0.15, -0.1) is 26.3 Å². The molecule has 0 atom stereocenters. The normalized spacial score (nSPS) is 11.3. The molecule has 6 heteroatoms. The Morgan fingerprint density at radius 2 is 1.00 bits per heavy atom. The van der Waals surface area contributed by atoms with Gasteiger partial charge in [-0.05, 0) is 12.1 Å². The second kappa shape index (κ2) is 9.52. The van der Waals surface area contributed by atoms with E-state index in [-0.39, 0.29) is 36.1 Å². The summed E-state index contributed by atoms with van der Waals surface area (Å²) in [7, 11) is -6.02. The average molecular weight is 366 g/mol. The minimum atomic E-state index is -3.01. The molecular weight excluding hydrogens is 342 g/mol. The van der Waals surface area contributed by atoms with Crippen LogP contribution < -0.4 is 9.05 Å². The summed E-state index contributed by atoms with van der Waals surface area (Å²) in [5.74, 6) is 0.579. The van der Waals surface area contributed by atoms with E-state index in [0.717, 1.165) is 0 Å². The van der Waals surface area contributed by atoms with E-state index in [1.165, 1.54) is 0 Å². The van der Waals surface area contributed by atoms with Crippen LogP contribution in [0.25, 0.3) is 0 Å². The summed E-state index contributed by atoms with van der Waals surface area (Å²) in [5, 5.41) is 0. The quantitative estimate of drug-likeness (QED) is 0.349. The molecule has 0 aliphatic rings. The zero-order chi connectivity index (χ0) is 18.1. The van der Waals surface area contributed by atoms with Crippen LogP contribution in [0.4, 0.5) is 0 Å². The van der Waals surface area contributed by atoms with Crippen LogP contribution in [0, 0.1) is 0 Å². The van der Waals surface area contributed by atoms with Gasteiger partial charge in [0, 0.05) is 0 Å². The number of para-hydroxylation sites is 2. The molecule has 0 aromatic heterocycles. The van der Waals surface area contributed by atoms with Crippen LogP contribution in [0.5, 0.6) is 11.5 Å². The van der Waals surface area contributed by atoms with Gasteiger partial charge in [0.05, 0.1) is 24.6 Å². The Morgan fingerprint density at radius 1 is 0.708 bits per heavy atom. The fourth-order valence-corrected chi connectivity index (χ4v) is 5.23. The monoisotopic (exact) mass is 366 g/mol. The first-order chi connectivity index (χ1) is 11.4. The van der Waals surface area contributed by atoms with Crippen molar-refractivity contribution >= 4 is 14.7 Å². The Morgan fingerprint density at radius 3 is 1.25 bits per heavy atom. The molecule has 1 aromatic carbocycles. The van der Waals surface area contributed by atoms with Crippen molar-refractivity contribution in [2.75, 3.05) is 24.6 Å². The van der Waals surface area contributed by atoms with Gasteiger partial charge in [0.2, 0.25) is 0 Å². The van der Waals surface area contributed by atoms with Crippen molar-refractivity contribution in [3.63, 3.8) is 0 Å². The summed E-state index contributed by atoms with van der Waals surface area (Å²) in [5.41, 5.74) is 0. The Balaban J connectivity index is 3.15. The molecule has 0 saturated heterocycles. The van der Waals surface area contributed by atoms with Gasteiger partial charge in [0.25, 0.3) is 14.7 Å². The highest BCUT2D eigenvalue weighted by Gasteiger charge is 2.26. The first-order valence-corrected chi connectivity index (χ1v) is 11.5. The highest BCUT2D eigenvalue weighted by molar-refractivity contribution is 7.60. The summed E-state index contributed by atoms with van der Waals surface area (Å²) in [4.78, 5) is 0. The number of benzene rings is 1. The highest BCUT2D eigenvalue weighted by atomic mass is 31.2. The van der Waals surface area contributed by atoms with Crippen molar-refractivity contribution in [3.05, 3.63) is 74.9 Å². The SMILES string of the molecule is C=CCP(=O)(CC=C)Oc1ccccc1OP(=O)(CC=C)CC=C. The van der Waals surface area contributed by atoms with E-state index in [0.29, 0.717) is 0 Å². The third-order valence-electron chi connectivity index (χ3n) is 3.01. The zero-order valence-electron chi connectivity index (χ0n) is 13.8. The van der Waals surface area contributed by atoms with Crippen molar-refractivity contribution in [3.8, 4) is 11.5 Å². The fraction of sp³-hybridized carbons (Fsp3) is 0.222. The van der Waals surface area contributed by atoms with Crippen LogP contribution >= 0.6 is 14.7 Å². The molecule has 0 heterocycles. The first kappa shape index (κ1) is 20.3. The van der Waals surface area contributed by atoms with Gasteiger partial charge in [-0.25, -0.2) is 0 Å². The fourth-order valence-electron chi connectivity index (χ4n) is 2.04. The van der Waals surface area contributed by atoms with E-state index in [4.69, 9.17) is 9.05 Å². The van der Waals surface area contributed by atoms with Crippen LogP contribution in [0.1, 0.15) is 0 Å². The minimum Gasteiger partial charge on any atom is -0.438 e. The van der Waals surface area contributed by atoms with E-state index < -0.39 is 14.7 Å². The van der Waals surface area contributed by atoms with Crippen molar-refractivity contribution in [1.82, 2.24) is 0 Å². The van der Waals surface area contributed by atoms with Crippen molar-refractivity contribution in [2.24, 2.45) is 0 Å². The Hall–Kier alpha value is -1.76. The van der Waals surface area contributed by atoms with Crippen molar-refractivity contribution in [2.45, 2.75) is 0 Å². The molecule has 0 unspecified atom stereocenters. The molecule has 0 fully saturated rings. The van der Waals surface area contributed by atoms with Crippen LogP contribution in [0.2, 0.25) is 0 Å². The van der Waals surface area contributed by atoms with Gasteiger partial charge in [-0.2, -0.15) is 0 Å². The van der Waals surface area contributed by atoms with Crippen LogP contribution in [-0.2, 0) is 9.13 Å². The lowest BCUT2D eigenvalue weighted by Crippen LogP contribution is -2.03. The molecule has 1 aromatic rings. The largest absolute Gasteiger partial charge is 0.438 e. The molecule has 4 nitrogen and oxygen atoms in total. The molecule has 0 bridgehead atoms. The molecular formula is C18H24O4P2. The maximum absolute atomic E-state index is 12.8. The van der Waals surface area contributed by atoms with E-state index in [1.807, 2.05) is 0 Å². The molecule has 24 heavy (non-hydrogen) atoms. The van der Waals surface area contributed by atoms with Crippen molar-refractivity contribution < 1.29 is 18.2 Å². The van der Waals surface area contributed by atoms with Crippen LogP contribution in [0.15, 0.2) is 74.9 Å². The topological polar surface area (TPSA) is 52.6 Å². The second-order valence-electron chi connectivity index (χ2n) is 5.14. The maximum Gasteiger partial charge on any atom is 0.255 e. The summed E-state index contributed by atoms with van der Waals surface area (Å²) < 4.78 is 37.1. The first-order valence-electron chi connectivity index (χ1n) is 7.50. The lowest BCUT2D eigenvalue weighted by molar-refractivity contribution is 0.451. The summed E-state index contributed by atoms with van der Waals surface area (Å²) in [6.45, 7) is 14.5. The molecule has 130 valence electrons. The predicted molar refractivity (Wildman–Crippen MR) is 103 cm³/mol. The molecule has 0 aliphatic carbocycles. The lowest BCUT2D eigenvalue weighted by atomic mass is 10.3. The lowest BCUT2D eigenvalue weighted by Gasteiger charge is -2.22. The Labute approximate surface area is 144 Å². The second-order valence-corrected chi connectivity index (χ2v) is 10.2. The number of allylic oxidation sites excluding steroid dienone is 4. The number of rotatable bonds is 12. The zero-order valence-corrected chi connectivity index (χ0v) is 15.6. The third kappa shape index (κ3) is 6.03. The van der Waals surface area contributed by atoms with Gasteiger partial charge < -0.3 is 9.05 Å². The third-order valence-corrected chi connectivity index (χ3v) is 7.32. The average Bonchev–Trinajstić information content (AvgIpc) is 2.50. The summed E-state index contributed by atoms with van der Waals surface area (Å²) in [6, 6.07) is 6.75. The number of hydrogen-bond acceptors (Lipinski definition) is 4. The van der Waals surface area contributed by atoms with Gasteiger partial charge in [0.15, 0.2) is 11.5 Å². The van der Waals surface area contributed by atoms with E-state index in [1.54, 1.807) is 48.6 Å². The Kier molecular flexibility index (Phi) is 8.04. The van der Waals surface area contributed by atoms with Gasteiger partial charge >= 0.3 is 0 Å². The predicted octanol–water partition coefficient (Wildman–Crippen LogP) is 5.74. The minimum absolute atomic E-state index is 0.213. The van der Waals surface area contributed by atoms with Gasteiger partial charge in [-0.3, -0.25) is 9.13 Å². The van der Waals surface area contributed by atoms with Crippen molar-refractivity contribution in [1.29, 1.82) is 0 Å². The molecule has 0 aliphatic heterocycles. The molecule has 0 radical (unpaired) electrons. The van der Waals surface area contributed by atoms with Crippen LogP contribution in [-0.4, -0.2) is 24.6 Å². The van der Waals surface area contributed by atoms with Gasteiger partial charge in [-0.1, -0.05) is 36.4 Å². The summed E-state index contributed by atoms with van der Waals surface area (Å²) >= 11 is 0. The molecule has 0 saturated carbocycles. The smallest absolute Gasteiger partial charge is 0.255 e. The van der Waals surface area contributed by atoms with E-state index in [2.05, 4.69) is 26.3 Å². The molecule has 0 spiro atoms. The summed E-state index contributed by atoms with van der Waals surface area (Å²) in [6.07, 6.45) is 7.05. The Bertz CT molecular complexity index is 607.